The molecule has 1 saturated heterocycles. The first kappa shape index (κ1) is 19.1. The fraction of sp³-hybridized carbons (Fsp3) is 0.364. The minimum absolute atomic E-state index is 0.0127. The van der Waals surface area contributed by atoms with E-state index < -0.39 is 0 Å². The number of hydrogen-bond acceptors (Lipinski definition) is 4. The maximum atomic E-state index is 12.6. The molecular weight excluding hydrogens is 342 g/mol. The molecule has 0 bridgehead atoms. The number of nitrogens with zero attached hydrogens (tertiary/aromatic N) is 1. The summed E-state index contributed by atoms with van der Waals surface area (Å²) in [5.74, 6) is 0.835. The summed E-state index contributed by atoms with van der Waals surface area (Å²) in [5.41, 5.74) is 1.75. The zero-order valence-electron chi connectivity index (χ0n) is 15.6. The van der Waals surface area contributed by atoms with Crippen molar-refractivity contribution in [1.29, 1.82) is 0 Å². The summed E-state index contributed by atoms with van der Waals surface area (Å²) < 4.78 is 10.7. The highest BCUT2D eigenvalue weighted by molar-refractivity contribution is 5.98. The van der Waals surface area contributed by atoms with Crippen LogP contribution in [0, 0.1) is 5.92 Å². The van der Waals surface area contributed by atoms with Gasteiger partial charge in [0.25, 0.3) is 0 Å². The normalized spacial score (nSPS) is 14.8. The van der Waals surface area contributed by atoms with E-state index in [0.29, 0.717) is 38.1 Å². The largest absolute Gasteiger partial charge is 0.497 e. The van der Waals surface area contributed by atoms with Gasteiger partial charge in [0.05, 0.1) is 13.7 Å². The predicted molar refractivity (Wildman–Crippen MR) is 103 cm³/mol. The summed E-state index contributed by atoms with van der Waals surface area (Å²) in [6.07, 6.45) is 1.38. The maximum absolute atomic E-state index is 12.6. The van der Waals surface area contributed by atoms with E-state index in [0.717, 1.165) is 11.3 Å². The maximum Gasteiger partial charge on any atom is 0.248 e. The fourth-order valence-corrected chi connectivity index (χ4v) is 3.30. The van der Waals surface area contributed by atoms with Gasteiger partial charge in [-0.25, -0.2) is 0 Å². The van der Waals surface area contributed by atoms with Gasteiger partial charge in [-0.2, -0.15) is 0 Å². The molecule has 0 atom stereocenters. The second kappa shape index (κ2) is 9.33. The number of carbonyl (C=O) groups excluding carboxylic acids is 2. The Kier molecular flexibility index (Phi) is 6.60. The number of likely N-dealkylation sites (tertiary alicyclic amines) is 1. The van der Waals surface area contributed by atoms with Crippen LogP contribution in [0.4, 0.5) is 0 Å². The minimum atomic E-state index is -0.0346. The lowest BCUT2D eigenvalue weighted by Gasteiger charge is -2.31. The summed E-state index contributed by atoms with van der Waals surface area (Å²) in [5, 5.41) is 0. The summed E-state index contributed by atoms with van der Waals surface area (Å²) in [6, 6.07) is 17.0. The van der Waals surface area contributed by atoms with Crippen LogP contribution < -0.4 is 4.74 Å². The van der Waals surface area contributed by atoms with E-state index in [-0.39, 0.29) is 24.2 Å². The smallest absolute Gasteiger partial charge is 0.248 e. The van der Waals surface area contributed by atoms with Gasteiger partial charge < -0.3 is 14.4 Å². The molecule has 1 aliphatic rings. The van der Waals surface area contributed by atoms with Gasteiger partial charge >= 0.3 is 0 Å². The summed E-state index contributed by atoms with van der Waals surface area (Å²) in [7, 11) is 1.60. The van der Waals surface area contributed by atoms with Crippen LogP contribution in [0.3, 0.4) is 0 Å². The first-order chi connectivity index (χ1) is 13.2. The Labute approximate surface area is 159 Å². The van der Waals surface area contributed by atoms with E-state index in [2.05, 4.69) is 0 Å². The molecule has 5 nitrogen and oxygen atoms in total. The average molecular weight is 367 g/mol. The third-order valence-electron chi connectivity index (χ3n) is 4.93. The lowest BCUT2D eigenvalue weighted by atomic mass is 9.89. The van der Waals surface area contributed by atoms with Gasteiger partial charge in [-0.15, -0.1) is 0 Å². The monoisotopic (exact) mass is 367 g/mol. The Bertz CT molecular complexity index is 750. The number of ketones is 1. The molecule has 0 saturated carbocycles. The molecule has 0 aromatic heterocycles. The van der Waals surface area contributed by atoms with Gasteiger partial charge in [0.1, 0.15) is 12.4 Å². The van der Waals surface area contributed by atoms with Crippen LogP contribution >= 0.6 is 0 Å². The molecule has 142 valence electrons. The zero-order valence-corrected chi connectivity index (χ0v) is 15.6. The van der Waals surface area contributed by atoms with Crippen LogP contribution in [0.1, 0.15) is 28.8 Å². The molecule has 1 heterocycles. The van der Waals surface area contributed by atoms with Gasteiger partial charge in [0.15, 0.2) is 5.78 Å². The molecule has 0 N–H and O–H groups in total. The zero-order chi connectivity index (χ0) is 19.1. The number of benzene rings is 2. The number of methoxy groups -OCH3 is 1. The molecular formula is C22H25NO4. The van der Waals surface area contributed by atoms with Crippen molar-refractivity contribution >= 4 is 11.7 Å². The van der Waals surface area contributed by atoms with Crippen molar-refractivity contribution in [2.24, 2.45) is 5.92 Å². The Morgan fingerprint density at radius 2 is 1.67 bits per heavy atom. The van der Waals surface area contributed by atoms with E-state index in [1.807, 2.05) is 30.3 Å². The van der Waals surface area contributed by atoms with Crippen molar-refractivity contribution in [1.82, 2.24) is 4.90 Å². The van der Waals surface area contributed by atoms with E-state index >= 15 is 0 Å². The molecule has 1 fully saturated rings. The highest BCUT2D eigenvalue weighted by Gasteiger charge is 2.27. The first-order valence-electron chi connectivity index (χ1n) is 9.25. The molecule has 0 aliphatic carbocycles. The fourth-order valence-electron chi connectivity index (χ4n) is 3.30. The van der Waals surface area contributed by atoms with Crippen LogP contribution in [0.2, 0.25) is 0 Å². The summed E-state index contributed by atoms with van der Waals surface area (Å²) >= 11 is 0. The summed E-state index contributed by atoms with van der Waals surface area (Å²) in [4.78, 5) is 26.7. The predicted octanol–water partition coefficient (Wildman–Crippen LogP) is 3.33. The minimum Gasteiger partial charge on any atom is -0.497 e. The molecule has 2 aromatic rings. The molecule has 0 spiro atoms. The number of carbonyl (C=O) groups is 2. The molecule has 5 heteroatoms. The van der Waals surface area contributed by atoms with E-state index in [4.69, 9.17) is 9.47 Å². The Balaban J connectivity index is 1.43. The lowest BCUT2D eigenvalue weighted by Crippen LogP contribution is -2.41. The molecule has 1 amide bonds. The van der Waals surface area contributed by atoms with Crippen molar-refractivity contribution in [2.75, 3.05) is 26.8 Å². The van der Waals surface area contributed by atoms with Crippen LogP contribution in [0.5, 0.6) is 5.75 Å². The number of piperidine rings is 1. The molecule has 2 aromatic carbocycles. The Morgan fingerprint density at radius 3 is 2.30 bits per heavy atom. The standard InChI is InChI=1S/C22H25NO4/c1-26-20-9-7-18(8-10-20)22(25)19-11-13-23(14-12-19)21(24)16-27-15-17-5-3-2-4-6-17/h2-10,19H,11-16H2,1H3. The van der Waals surface area contributed by atoms with Crippen LogP contribution in [0.15, 0.2) is 54.6 Å². The van der Waals surface area contributed by atoms with Crippen LogP contribution in [-0.2, 0) is 16.1 Å². The van der Waals surface area contributed by atoms with Gasteiger partial charge in [-0.3, -0.25) is 9.59 Å². The highest BCUT2D eigenvalue weighted by atomic mass is 16.5. The lowest BCUT2D eigenvalue weighted by molar-refractivity contribution is -0.137. The van der Waals surface area contributed by atoms with Crippen LogP contribution in [-0.4, -0.2) is 43.4 Å². The molecule has 0 unspecified atom stereocenters. The molecule has 3 rings (SSSR count). The third-order valence-corrected chi connectivity index (χ3v) is 4.93. The SMILES string of the molecule is COc1ccc(C(=O)C2CCN(C(=O)COCc3ccccc3)CC2)cc1. The Morgan fingerprint density at radius 1 is 1.00 bits per heavy atom. The van der Waals surface area contributed by atoms with Crippen molar-refractivity contribution in [2.45, 2.75) is 19.4 Å². The molecule has 1 aliphatic heterocycles. The van der Waals surface area contributed by atoms with Crippen molar-refractivity contribution in [3.8, 4) is 5.75 Å². The third kappa shape index (κ3) is 5.17. The van der Waals surface area contributed by atoms with Crippen LogP contribution in [0.25, 0.3) is 0 Å². The first-order valence-corrected chi connectivity index (χ1v) is 9.25. The number of hydrogen-bond donors (Lipinski definition) is 0. The van der Waals surface area contributed by atoms with Crippen molar-refractivity contribution in [3.05, 3.63) is 65.7 Å². The number of ether oxygens (including phenoxy) is 2. The quantitative estimate of drug-likeness (QED) is 0.705. The average Bonchev–Trinajstić information content (AvgIpc) is 2.74. The van der Waals surface area contributed by atoms with E-state index in [1.165, 1.54) is 0 Å². The second-order valence-electron chi connectivity index (χ2n) is 6.73. The molecule has 27 heavy (non-hydrogen) atoms. The number of rotatable bonds is 7. The van der Waals surface area contributed by atoms with Crippen molar-refractivity contribution in [3.63, 3.8) is 0 Å². The van der Waals surface area contributed by atoms with E-state index in [1.54, 1.807) is 36.3 Å². The van der Waals surface area contributed by atoms with E-state index in [9.17, 15) is 9.59 Å². The van der Waals surface area contributed by atoms with Gasteiger partial charge in [-0.1, -0.05) is 30.3 Å². The summed E-state index contributed by atoms with van der Waals surface area (Å²) in [6.45, 7) is 1.70. The number of Topliss-reactive ketones (excluding diaryl/α,β-unsaturated/α-hetero) is 1. The second-order valence-corrected chi connectivity index (χ2v) is 6.73. The Hall–Kier alpha value is -2.66. The topological polar surface area (TPSA) is 55.8 Å². The highest BCUT2D eigenvalue weighted by Crippen LogP contribution is 2.23. The molecule has 0 radical (unpaired) electrons. The van der Waals surface area contributed by atoms with Gasteiger partial charge in [-0.05, 0) is 42.7 Å². The number of amides is 1. The van der Waals surface area contributed by atoms with Gasteiger partial charge in [0.2, 0.25) is 5.91 Å². The van der Waals surface area contributed by atoms with Gasteiger partial charge in [0, 0.05) is 24.6 Å². The van der Waals surface area contributed by atoms with Crippen molar-refractivity contribution < 1.29 is 19.1 Å².